The van der Waals surface area contributed by atoms with E-state index in [-0.39, 0.29) is 207 Å². The monoisotopic (exact) mass is 1680 g/mol. The predicted molar refractivity (Wildman–Crippen MR) is 192 cm³/mol. The largest absolute Gasteiger partial charge is 0.670 e. The first kappa shape index (κ1) is 66.2. The van der Waals surface area contributed by atoms with Crippen molar-refractivity contribution in [3.05, 3.63) is 5.73 Å². The second-order valence-electron chi connectivity index (χ2n) is 12.9. The second-order valence-corrected chi connectivity index (χ2v) is 14.1. The van der Waals surface area contributed by atoms with Gasteiger partial charge in [-0.2, -0.15) is 13.2 Å². The number of nitrogens with one attached hydrogen (secondary N) is 6. The molecule has 1 aliphatic heterocycles. The zero-order valence-electron chi connectivity index (χ0n) is 32.4. The number of amides is 4. The van der Waals surface area contributed by atoms with Crippen LogP contribution in [0.5, 0.6) is 0 Å². The molecule has 24 heteroatoms. The van der Waals surface area contributed by atoms with E-state index < -0.39 is 67.5 Å². The van der Waals surface area contributed by atoms with Gasteiger partial charge in [-0.1, -0.05) is 25.3 Å². The average molecular weight is 1680 g/mol. The van der Waals surface area contributed by atoms with Crippen molar-refractivity contribution in [1.82, 2.24) is 26.5 Å². The number of ether oxygens (including phenoxy) is 1. The van der Waals surface area contributed by atoms with E-state index in [0.29, 0.717) is 70.3 Å². The molecule has 56 heavy (non-hydrogen) atoms. The number of aliphatic hydroxyl groups excluding tert-OH is 3. The number of rotatable bonds is 28. The number of thioether (sulfide) groups is 1. The third kappa shape index (κ3) is 32.3. The van der Waals surface area contributed by atoms with Crippen molar-refractivity contribution in [2.24, 2.45) is 0 Å². The van der Waals surface area contributed by atoms with Gasteiger partial charge in [0.15, 0.2) is 0 Å². The molecule has 1 fully saturated rings. The molecule has 6 atom stereocenters. The van der Waals surface area contributed by atoms with Crippen molar-refractivity contribution < 1.29 is 234 Å². The number of unbranched alkanes of at least 4 members (excludes halogenated alkanes) is 7. The minimum Gasteiger partial charge on any atom is -0.670 e. The van der Waals surface area contributed by atoms with Gasteiger partial charge in [-0.05, 0) is 76.9 Å². The summed E-state index contributed by atoms with van der Waals surface area (Å²) >= 11 is 1.37. The Bertz CT molecular complexity index is 1060. The summed E-state index contributed by atoms with van der Waals surface area (Å²) in [7, 11) is -0.735. The standard InChI is InChI=1S/C32H59BF3N6O9S.4Ac/c1-33(50)41-19-11-7-13-22(42-31(49)32(34,35)36)29(48)40-18-9-3-6-15-24(44)38-16-8-2-5-14-25(45)39-17-10-4-12-20-52-30-26(37)28(47)27(46)23(21-43)51-30;;;;/h22-23,26-28,30,37,41,43,46-47,50H,2-21H2,1H3,(H,38,44)(H,39,45)(H,40,48)(H,42,49);;;;/q-1;;;;/t22?,23?,26?,27-,28+,30-;;;;/m0..../s1. The molecule has 10 N–H and O–H groups in total. The number of alkyl halides is 3. The normalized spacial score (nSPS) is 19.4. The number of hydrogen-bond acceptors (Lipinski definition) is 11. The Hall–Kier alpha value is 3.57. The van der Waals surface area contributed by atoms with Crippen LogP contribution in [-0.4, -0.2) is 132 Å². The first-order valence-corrected chi connectivity index (χ1v) is 19.3. The molecule has 1 heterocycles. The van der Waals surface area contributed by atoms with E-state index in [1.54, 1.807) is 5.32 Å². The third-order valence-corrected chi connectivity index (χ3v) is 9.58. The SMILES string of the molecule is CB(O)NCCCCC(NC(=O)C(F)(F)F)C(=O)NCCCCCC(=O)NCCCCCC(=O)NCCCCCS[C@@H]1OC(CO)[C@H](O)[C@H](O)C1[NH-].[Ac].[Ac].[Ac].[Ac]. The molecule has 0 aromatic carbocycles. The van der Waals surface area contributed by atoms with Crippen molar-refractivity contribution in [3.8, 4) is 0 Å². The van der Waals surface area contributed by atoms with Gasteiger partial charge in [0.1, 0.15) is 18.2 Å². The number of carbonyl (C=O) groups excluding carboxylic acids is 4. The Morgan fingerprint density at radius 2 is 1.27 bits per heavy atom. The van der Waals surface area contributed by atoms with Gasteiger partial charge in [-0.15, -0.1) is 11.8 Å². The second kappa shape index (κ2) is 40.1. The zero-order chi connectivity index (χ0) is 38.9. The van der Waals surface area contributed by atoms with Gasteiger partial charge in [0, 0.05) is 209 Å². The maximum Gasteiger partial charge on any atom is 0.471 e. The zero-order valence-corrected chi connectivity index (χ0v) is 52.2. The Labute approximate surface area is 477 Å². The van der Waals surface area contributed by atoms with Crippen molar-refractivity contribution in [2.45, 2.75) is 139 Å². The molecule has 1 aliphatic rings. The van der Waals surface area contributed by atoms with Crippen molar-refractivity contribution in [2.75, 3.05) is 38.5 Å². The van der Waals surface area contributed by atoms with Crippen LogP contribution in [0.25, 0.3) is 5.73 Å². The van der Waals surface area contributed by atoms with Gasteiger partial charge in [0.25, 0.3) is 0 Å². The molecule has 0 saturated carbocycles. The predicted octanol–water partition coefficient (Wildman–Crippen LogP) is 1.14. The van der Waals surface area contributed by atoms with Gasteiger partial charge in [0.05, 0.1) is 18.1 Å². The van der Waals surface area contributed by atoms with Gasteiger partial charge in [-0.25, -0.2) is 0 Å². The minimum atomic E-state index is -5.11. The number of aliphatic hydroxyl groups is 3. The Kier molecular flexibility index (Phi) is 47.4. The van der Waals surface area contributed by atoms with Crippen LogP contribution in [0.15, 0.2) is 0 Å². The smallest absolute Gasteiger partial charge is 0.471 e. The fourth-order valence-electron chi connectivity index (χ4n) is 5.26. The molecular weight excluding hydrogens is 1620 g/mol. The summed E-state index contributed by atoms with van der Waals surface area (Å²) in [6.07, 6.45) is -0.701. The molecule has 0 spiro atoms. The van der Waals surface area contributed by atoms with Gasteiger partial charge in [0.2, 0.25) is 17.7 Å². The molecule has 15 nitrogen and oxygen atoms in total. The van der Waals surface area contributed by atoms with Crippen LogP contribution >= 0.6 is 11.8 Å². The third-order valence-electron chi connectivity index (χ3n) is 8.33. The first-order chi connectivity index (χ1) is 24.7. The van der Waals surface area contributed by atoms with Crippen molar-refractivity contribution in [1.29, 1.82) is 0 Å². The molecule has 0 aromatic heterocycles. The van der Waals surface area contributed by atoms with Crippen LogP contribution in [0.1, 0.15) is 89.9 Å². The van der Waals surface area contributed by atoms with Crippen molar-refractivity contribution in [3.63, 3.8) is 0 Å². The fourth-order valence-corrected chi connectivity index (χ4v) is 6.46. The number of carbonyl (C=O) groups is 4. The number of hydrogen-bond donors (Lipinski definition) is 9. The van der Waals surface area contributed by atoms with Crippen LogP contribution in [0.2, 0.25) is 6.82 Å². The maximum absolute atomic E-state index is 12.7. The van der Waals surface area contributed by atoms with Crippen LogP contribution in [0, 0.1) is 176 Å². The number of halogens is 3. The van der Waals surface area contributed by atoms with E-state index >= 15 is 0 Å². The van der Waals surface area contributed by atoms with E-state index in [9.17, 15) is 52.7 Å². The quantitative estimate of drug-likeness (QED) is 0.0398. The molecule has 3 unspecified atom stereocenters. The molecule has 0 aliphatic carbocycles. The molecule has 314 valence electrons. The van der Waals surface area contributed by atoms with Crippen LogP contribution in [0.4, 0.5) is 13.2 Å². The maximum atomic E-state index is 12.7. The van der Waals surface area contributed by atoms with Crippen LogP contribution < -0.4 is 26.5 Å². The molecule has 4 radical (unpaired) electrons. The summed E-state index contributed by atoms with van der Waals surface area (Å²) < 4.78 is 43.7. The Morgan fingerprint density at radius 1 is 0.768 bits per heavy atom. The fraction of sp³-hybridized carbons (Fsp3) is 0.875. The molecular formula is C32H59Ac4BF3N6O9S-. The van der Waals surface area contributed by atoms with Gasteiger partial charge < -0.3 is 57.3 Å². The molecule has 0 bridgehead atoms. The minimum absolute atomic E-state index is 0. The summed E-state index contributed by atoms with van der Waals surface area (Å²) in [5.74, 6) is -2.36. The Balaban J connectivity index is -0.00000338. The summed E-state index contributed by atoms with van der Waals surface area (Å²) in [6, 6.07) is -2.34. The average Bonchev–Trinajstić information content (AvgIpc) is 3.09. The van der Waals surface area contributed by atoms with E-state index in [0.717, 1.165) is 32.1 Å². The molecule has 1 rings (SSSR count). The summed E-state index contributed by atoms with van der Waals surface area (Å²) in [5, 5.41) is 51.0. The Morgan fingerprint density at radius 3 is 1.77 bits per heavy atom. The molecule has 1 saturated heterocycles. The van der Waals surface area contributed by atoms with Crippen molar-refractivity contribution >= 4 is 42.4 Å². The van der Waals surface area contributed by atoms with Gasteiger partial charge >= 0.3 is 19.1 Å². The van der Waals surface area contributed by atoms with Gasteiger partial charge in [-0.3, -0.25) is 19.2 Å². The molecule has 0 aromatic rings. The summed E-state index contributed by atoms with van der Waals surface area (Å²) in [6.45, 7) is 2.72. The van der Waals surface area contributed by atoms with Crippen LogP contribution in [0.3, 0.4) is 0 Å². The summed E-state index contributed by atoms with van der Waals surface area (Å²) in [5.41, 5.74) is 7.37. The topological polar surface area (TPSA) is 242 Å². The van der Waals surface area contributed by atoms with E-state index in [1.165, 1.54) is 18.6 Å². The summed E-state index contributed by atoms with van der Waals surface area (Å²) in [4.78, 5) is 48.0. The molecule has 4 amide bonds. The van der Waals surface area contributed by atoms with E-state index in [2.05, 4.69) is 21.2 Å². The van der Waals surface area contributed by atoms with E-state index in [4.69, 9.17) is 10.5 Å². The van der Waals surface area contributed by atoms with Crippen LogP contribution in [-0.2, 0) is 23.9 Å². The van der Waals surface area contributed by atoms with E-state index in [1.807, 2.05) is 0 Å². The first-order valence-electron chi connectivity index (χ1n) is 18.2.